The molecule has 1 atom stereocenters. The highest BCUT2D eigenvalue weighted by Crippen LogP contribution is 2.17. The number of hydrogen-bond donors (Lipinski definition) is 1. The summed E-state index contributed by atoms with van der Waals surface area (Å²) in [4.78, 5) is 36.5. The summed E-state index contributed by atoms with van der Waals surface area (Å²) < 4.78 is 11.2. The van der Waals surface area contributed by atoms with Gasteiger partial charge in [0.2, 0.25) is 5.78 Å². The van der Waals surface area contributed by atoms with Crippen LogP contribution >= 0.6 is 15.9 Å². The number of carbonyl (C=O) groups is 3. The fourth-order valence-electron chi connectivity index (χ4n) is 2.18. The van der Waals surface area contributed by atoms with Crippen molar-refractivity contribution in [2.24, 2.45) is 5.92 Å². The smallest absolute Gasteiger partial charge is 0.408 e. The number of ether oxygens (including phenoxy) is 2. The predicted octanol–water partition coefficient (Wildman–Crippen LogP) is 4.03. The van der Waals surface area contributed by atoms with Crippen molar-refractivity contribution >= 4 is 33.8 Å². The summed E-state index contributed by atoms with van der Waals surface area (Å²) in [6, 6.07) is 4.34. The zero-order valence-electron chi connectivity index (χ0n) is 16.0. The highest BCUT2D eigenvalue weighted by atomic mass is 79.9. The lowest BCUT2D eigenvalue weighted by atomic mass is 10.0. The Hall–Kier alpha value is -1.89. The Balaban J connectivity index is 2.70. The van der Waals surface area contributed by atoms with Gasteiger partial charge in [-0.15, -0.1) is 0 Å². The summed E-state index contributed by atoms with van der Waals surface area (Å²) in [7, 11) is 0. The van der Waals surface area contributed by atoms with Crippen LogP contribution in [0.3, 0.4) is 0 Å². The van der Waals surface area contributed by atoms with Gasteiger partial charge in [-0.2, -0.15) is 0 Å². The van der Waals surface area contributed by atoms with Gasteiger partial charge in [-0.25, -0.2) is 9.59 Å². The van der Waals surface area contributed by atoms with Gasteiger partial charge < -0.3 is 14.8 Å². The molecule has 0 unspecified atom stereocenters. The summed E-state index contributed by atoms with van der Waals surface area (Å²) in [5, 5.41) is 2.50. The van der Waals surface area contributed by atoms with Crippen LogP contribution in [0.4, 0.5) is 4.79 Å². The van der Waals surface area contributed by atoms with Crippen LogP contribution in [-0.4, -0.2) is 36.1 Å². The topological polar surface area (TPSA) is 81.7 Å². The number of alkyl carbamates (subject to hydrolysis) is 1. The highest BCUT2D eigenvalue weighted by molar-refractivity contribution is 9.10. The minimum Gasteiger partial charge on any atom is -0.456 e. The quantitative estimate of drug-likeness (QED) is 0.547. The molecule has 1 amide bonds. The number of amides is 1. The number of halogens is 1. The van der Waals surface area contributed by atoms with Crippen LogP contribution in [0.1, 0.15) is 50.5 Å². The lowest BCUT2D eigenvalue weighted by molar-refractivity contribution is -0.146. The van der Waals surface area contributed by atoms with Crippen LogP contribution in [0.2, 0.25) is 0 Å². The van der Waals surface area contributed by atoms with Crippen LogP contribution in [0.5, 0.6) is 0 Å². The van der Waals surface area contributed by atoms with Gasteiger partial charge in [0.1, 0.15) is 11.6 Å². The zero-order chi connectivity index (χ0) is 20.1. The second-order valence-corrected chi connectivity index (χ2v) is 8.27. The number of aryl methyl sites for hydroxylation is 1. The van der Waals surface area contributed by atoms with E-state index in [2.05, 4.69) is 21.2 Å². The third-order valence-corrected chi connectivity index (χ3v) is 3.92. The van der Waals surface area contributed by atoms with Crippen molar-refractivity contribution in [3.05, 3.63) is 33.8 Å². The number of ketones is 1. The Morgan fingerprint density at radius 1 is 1.19 bits per heavy atom. The Bertz CT molecular complexity index is 679. The molecule has 0 aliphatic rings. The molecule has 1 aromatic carbocycles. The van der Waals surface area contributed by atoms with Crippen molar-refractivity contribution in [1.29, 1.82) is 0 Å². The molecule has 0 saturated heterocycles. The summed E-state index contributed by atoms with van der Waals surface area (Å²) in [6.07, 6.45) is -0.705. The third kappa shape index (κ3) is 7.15. The number of nitrogens with one attached hydrogen (secondary N) is 1. The molecule has 6 nitrogen and oxygen atoms in total. The largest absolute Gasteiger partial charge is 0.456 e. The fourth-order valence-corrected chi connectivity index (χ4v) is 2.65. The summed E-state index contributed by atoms with van der Waals surface area (Å²) in [5.74, 6) is -1.20. The van der Waals surface area contributed by atoms with Gasteiger partial charge in [0.25, 0.3) is 0 Å². The summed E-state index contributed by atoms with van der Waals surface area (Å²) >= 11 is 3.34. The number of carbonyl (C=O) groups excluding carboxylic acids is 3. The number of esters is 1. The maximum absolute atomic E-state index is 12.3. The van der Waals surface area contributed by atoms with Crippen LogP contribution in [0.15, 0.2) is 22.7 Å². The Morgan fingerprint density at radius 2 is 1.81 bits per heavy atom. The van der Waals surface area contributed by atoms with E-state index in [1.54, 1.807) is 53.7 Å². The normalized spacial score (nSPS) is 12.5. The molecule has 0 spiro atoms. The second kappa shape index (κ2) is 9.16. The molecule has 0 aliphatic heterocycles. The average molecular weight is 428 g/mol. The average Bonchev–Trinajstić information content (AvgIpc) is 2.48. The maximum atomic E-state index is 12.3. The second-order valence-electron chi connectivity index (χ2n) is 7.36. The van der Waals surface area contributed by atoms with Gasteiger partial charge in [0.15, 0.2) is 6.61 Å². The number of hydrogen-bond acceptors (Lipinski definition) is 5. The predicted molar refractivity (Wildman–Crippen MR) is 102 cm³/mol. The van der Waals surface area contributed by atoms with Crippen LogP contribution in [0.25, 0.3) is 0 Å². The fraction of sp³-hybridized carbons (Fsp3) is 0.526. The van der Waals surface area contributed by atoms with Gasteiger partial charge in [0.05, 0.1) is 0 Å². The Labute approximate surface area is 162 Å². The highest BCUT2D eigenvalue weighted by Gasteiger charge is 2.28. The first kappa shape index (κ1) is 22.2. The molecule has 0 heterocycles. The number of rotatable bonds is 6. The molecular weight excluding hydrogens is 402 g/mol. The third-order valence-electron chi connectivity index (χ3n) is 3.43. The Kier molecular flexibility index (Phi) is 7.81. The maximum Gasteiger partial charge on any atom is 0.408 e. The molecule has 0 saturated carbocycles. The van der Waals surface area contributed by atoms with Crippen LogP contribution in [0, 0.1) is 12.8 Å². The molecule has 0 radical (unpaired) electrons. The van der Waals surface area contributed by atoms with Crippen molar-refractivity contribution < 1.29 is 23.9 Å². The first-order valence-corrected chi connectivity index (χ1v) is 9.15. The van der Waals surface area contributed by atoms with Gasteiger partial charge >= 0.3 is 12.1 Å². The summed E-state index contributed by atoms with van der Waals surface area (Å²) in [6.45, 7) is 10.1. The lowest BCUT2D eigenvalue weighted by Crippen LogP contribution is -2.47. The standard InChI is InChI=1S/C19H26BrNO5/c1-11(2)16(21-18(24)26-19(4,5)6)17(23)25-10-15(22)14-8-7-13(20)9-12(14)3/h7-9,11,16H,10H2,1-6H3,(H,21,24)/t16-/m0/s1. The van der Waals surface area contributed by atoms with Crippen molar-refractivity contribution in [1.82, 2.24) is 5.32 Å². The van der Waals surface area contributed by atoms with Gasteiger partial charge in [-0.1, -0.05) is 29.8 Å². The molecule has 1 rings (SSSR count). The minimum absolute atomic E-state index is 0.223. The molecule has 0 bridgehead atoms. The van der Waals surface area contributed by atoms with Crippen LogP contribution in [-0.2, 0) is 14.3 Å². The van der Waals surface area contributed by atoms with Crippen molar-refractivity contribution in [2.75, 3.05) is 6.61 Å². The molecule has 7 heteroatoms. The van der Waals surface area contributed by atoms with Crippen molar-refractivity contribution in [3.8, 4) is 0 Å². The van der Waals surface area contributed by atoms with E-state index in [-0.39, 0.29) is 18.3 Å². The molecular formula is C19H26BrNO5. The van der Waals surface area contributed by atoms with E-state index in [9.17, 15) is 14.4 Å². The molecule has 26 heavy (non-hydrogen) atoms. The van der Waals surface area contributed by atoms with Crippen molar-refractivity contribution in [3.63, 3.8) is 0 Å². The van der Waals surface area contributed by atoms with E-state index < -0.39 is 23.7 Å². The summed E-state index contributed by atoms with van der Waals surface area (Å²) in [5.41, 5.74) is 0.597. The zero-order valence-corrected chi connectivity index (χ0v) is 17.6. The van der Waals surface area contributed by atoms with E-state index >= 15 is 0 Å². The number of benzene rings is 1. The Morgan fingerprint density at radius 3 is 2.31 bits per heavy atom. The SMILES string of the molecule is Cc1cc(Br)ccc1C(=O)COC(=O)[C@@H](NC(=O)OC(C)(C)C)C(C)C. The first-order chi connectivity index (χ1) is 11.9. The van der Waals surface area contributed by atoms with E-state index in [0.717, 1.165) is 10.0 Å². The van der Waals surface area contributed by atoms with Crippen LogP contribution < -0.4 is 5.32 Å². The first-order valence-electron chi connectivity index (χ1n) is 8.36. The molecule has 0 aromatic heterocycles. The molecule has 1 aromatic rings. The van der Waals surface area contributed by atoms with Gasteiger partial charge in [-0.3, -0.25) is 4.79 Å². The van der Waals surface area contributed by atoms with E-state index in [4.69, 9.17) is 9.47 Å². The minimum atomic E-state index is -0.899. The monoisotopic (exact) mass is 427 g/mol. The van der Waals surface area contributed by atoms with E-state index in [0.29, 0.717) is 5.56 Å². The molecule has 0 fully saturated rings. The number of Topliss-reactive ketones (excluding diaryl/α,β-unsaturated/α-hetero) is 1. The van der Waals surface area contributed by atoms with E-state index in [1.807, 2.05) is 6.07 Å². The lowest BCUT2D eigenvalue weighted by Gasteiger charge is -2.24. The molecule has 0 aliphatic carbocycles. The molecule has 144 valence electrons. The van der Waals surface area contributed by atoms with Crippen molar-refractivity contribution in [2.45, 2.75) is 53.2 Å². The molecule has 1 N–H and O–H groups in total. The van der Waals surface area contributed by atoms with E-state index in [1.165, 1.54) is 0 Å². The van der Waals surface area contributed by atoms with Gasteiger partial charge in [0, 0.05) is 10.0 Å². The van der Waals surface area contributed by atoms with Gasteiger partial charge in [-0.05, 0) is 57.4 Å².